The maximum Gasteiger partial charge on any atom is 0.207 e. The van der Waals surface area contributed by atoms with Gasteiger partial charge < -0.3 is 15.4 Å². The standard InChI is InChI=1S/C10H14N2O2/c13-7-12-10(3-4-10)9(14)6-8-2-1-5-11-8/h1-2,5,7,9,11,14H,3-4,6H2,(H,12,13). The summed E-state index contributed by atoms with van der Waals surface area (Å²) in [6.07, 6.45) is 4.31. The van der Waals surface area contributed by atoms with Gasteiger partial charge in [0.25, 0.3) is 0 Å². The van der Waals surface area contributed by atoms with Crippen LogP contribution >= 0.6 is 0 Å². The summed E-state index contributed by atoms with van der Waals surface area (Å²) in [6, 6.07) is 3.83. The van der Waals surface area contributed by atoms with E-state index < -0.39 is 6.10 Å². The summed E-state index contributed by atoms with van der Waals surface area (Å²) in [5.41, 5.74) is 0.642. The third-order valence-electron chi connectivity index (χ3n) is 2.85. The number of aromatic amines is 1. The highest BCUT2D eigenvalue weighted by molar-refractivity contribution is 5.49. The Morgan fingerprint density at radius 1 is 1.71 bits per heavy atom. The maximum absolute atomic E-state index is 10.3. The quantitative estimate of drug-likeness (QED) is 0.586. The van der Waals surface area contributed by atoms with Crippen molar-refractivity contribution in [3.63, 3.8) is 0 Å². The van der Waals surface area contributed by atoms with E-state index in [1.807, 2.05) is 18.3 Å². The van der Waals surface area contributed by atoms with Gasteiger partial charge in [0.1, 0.15) is 0 Å². The highest BCUT2D eigenvalue weighted by atomic mass is 16.3. The van der Waals surface area contributed by atoms with Crippen molar-refractivity contribution in [2.45, 2.75) is 30.9 Å². The van der Waals surface area contributed by atoms with Gasteiger partial charge >= 0.3 is 0 Å². The maximum atomic E-state index is 10.3. The van der Waals surface area contributed by atoms with Crippen molar-refractivity contribution < 1.29 is 9.90 Å². The molecule has 1 unspecified atom stereocenters. The van der Waals surface area contributed by atoms with Gasteiger partial charge in [-0.25, -0.2) is 0 Å². The van der Waals surface area contributed by atoms with Crippen molar-refractivity contribution in [1.82, 2.24) is 10.3 Å². The molecule has 4 heteroatoms. The van der Waals surface area contributed by atoms with Crippen LogP contribution in [0, 0.1) is 0 Å². The van der Waals surface area contributed by atoms with Crippen LogP contribution in [0.2, 0.25) is 0 Å². The topological polar surface area (TPSA) is 65.1 Å². The van der Waals surface area contributed by atoms with Crippen LogP contribution in [0.25, 0.3) is 0 Å². The van der Waals surface area contributed by atoms with Crippen LogP contribution in [0.4, 0.5) is 0 Å². The average Bonchev–Trinajstić information content (AvgIpc) is 2.77. The Hall–Kier alpha value is -1.29. The number of aliphatic hydroxyl groups is 1. The molecule has 0 aromatic carbocycles. The van der Waals surface area contributed by atoms with Crippen LogP contribution < -0.4 is 5.32 Å². The van der Waals surface area contributed by atoms with E-state index in [0.717, 1.165) is 18.5 Å². The largest absolute Gasteiger partial charge is 0.390 e. The zero-order valence-corrected chi connectivity index (χ0v) is 7.86. The van der Waals surface area contributed by atoms with Gasteiger partial charge in [0.15, 0.2) is 0 Å². The minimum absolute atomic E-state index is 0.354. The molecular formula is C10H14N2O2. The van der Waals surface area contributed by atoms with Gasteiger partial charge in [0.2, 0.25) is 6.41 Å². The highest BCUT2D eigenvalue weighted by Crippen LogP contribution is 2.39. The minimum atomic E-state index is -0.494. The minimum Gasteiger partial charge on any atom is -0.390 e. The molecule has 0 radical (unpaired) electrons. The Labute approximate surface area is 82.3 Å². The van der Waals surface area contributed by atoms with Crippen molar-refractivity contribution in [3.05, 3.63) is 24.0 Å². The van der Waals surface area contributed by atoms with Gasteiger partial charge in [-0.2, -0.15) is 0 Å². The Kier molecular flexibility index (Phi) is 2.29. The van der Waals surface area contributed by atoms with E-state index in [9.17, 15) is 9.90 Å². The van der Waals surface area contributed by atoms with Gasteiger partial charge in [-0.15, -0.1) is 0 Å². The van der Waals surface area contributed by atoms with Crippen LogP contribution in [0.5, 0.6) is 0 Å². The Bertz CT molecular complexity index is 304. The fourth-order valence-electron chi connectivity index (χ4n) is 1.72. The first-order chi connectivity index (χ1) is 6.77. The van der Waals surface area contributed by atoms with E-state index in [-0.39, 0.29) is 5.54 Å². The predicted octanol–water partition coefficient (Wildman–Crippen LogP) is 0.197. The second-order valence-corrected chi connectivity index (χ2v) is 3.83. The lowest BCUT2D eigenvalue weighted by atomic mass is 10.0. The van der Waals surface area contributed by atoms with Crippen LogP contribution in [0.15, 0.2) is 18.3 Å². The fourth-order valence-corrected chi connectivity index (χ4v) is 1.72. The van der Waals surface area contributed by atoms with E-state index in [1.54, 1.807) is 0 Å². The first kappa shape index (κ1) is 9.27. The third kappa shape index (κ3) is 1.65. The number of hydrogen-bond donors (Lipinski definition) is 3. The van der Waals surface area contributed by atoms with Crippen LogP contribution in [-0.2, 0) is 11.2 Å². The predicted molar refractivity (Wildman–Crippen MR) is 51.7 cm³/mol. The molecule has 0 spiro atoms. The molecule has 1 aliphatic carbocycles. The molecule has 14 heavy (non-hydrogen) atoms. The molecule has 2 rings (SSSR count). The Balaban J connectivity index is 1.95. The summed E-state index contributed by atoms with van der Waals surface area (Å²) in [7, 11) is 0. The van der Waals surface area contributed by atoms with Crippen LogP contribution in [0.3, 0.4) is 0 Å². The lowest BCUT2D eigenvalue weighted by molar-refractivity contribution is -0.111. The summed E-state index contributed by atoms with van der Waals surface area (Å²) in [5, 5.41) is 12.6. The molecular weight excluding hydrogens is 180 g/mol. The summed E-state index contributed by atoms with van der Waals surface area (Å²) >= 11 is 0. The third-order valence-corrected chi connectivity index (χ3v) is 2.85. The number of aromatic nitrogens is 1. The normalized spacial score (nSPS) is 20.1. The zero-order valence-electron chi connectivity index (χ0n) is 7.86. The number of nitrogens with one attached hydrogen (secondary N) is 2. The monoisotopic (exact) mass is 194 g/mol. The molecule has 1 aromatic heterocycles. The number of amides is 1. The smallest absolute Gasteiger partial charge is 0.207 e. The van der Waals surface area contributed by atoms with Crippen LogP contribution in [-0.4, -0.2) is 28.1 Å². The lowest BCUT2D eigenvalue weighted by Gasteiger charge is -2.20. The molecule has 1 heterocycles. The highest BCUT2D eigenvalue weighted by Gasteiger charge is 2.48. The average molecular weight is 194 g/mol. The van der Waals surface area contributed by atoms with Gasteiger partial charge in [-0.3, -0.25) is 4.79 Å². The van der Waals surface area contributed by atoms with Gasteiger partial charge in [-0.05, 0) is 25.0 Å². The van der Waals surface area contributed by atoms with Gasteiger partial charge in [-0.1, -0.05) is 0 Å². The van der Waals surface area contributed by atoms with Crippen molar-refractivity contribution in [2.75, 3.05) is 0 Å². The number of carbonyl (C=O) groups excluding carboxylic acids is 1. The van der Waals surface area contributed by atoms with E-state index in [1.165, 1.54) is 0 Å². The molecule has 0 aliphatic heterocycles. The lowest BCUT2D eigenvalue weighted by Crippen LogP contribution is -2.42. The van der Waals surface area contributed by atoms with E-state index >= 15 is 0 Å². The molecule has 0 bridgehead atoms. The molecule has 1 atom stereocenters. The summed E-state index contributed by atoms with van der Waals surface area (Å²) in [4.78, 5) is 13.4. The molecule has 1 amide bonds. The molecule has 3 N–H and O–H groups in total. The first-order valence-electron chi connectivity index (χ1n) is 4.78. The molecule has 1 aromatic rings. The molecule has 1 saturated carbocycles. The number of hydrogen-bond acceptors (Lipinski definition) is 2. The SMILES string of the molecule is O=CNC1(C(O)Cc2ccc[nH]2)CC1. The van der Waals surface area contributed by atoms with Crippen molar-refractivity contribution in [3.8, 4) is 0 Å². The van der Waals surface area contributed by atoms with E-state index in [2.05, 4.69) is 10.3 Å². The second-order valence-electron chi connectivity index (χ2n) is 3.83. The van der Waals surface area contributed by atoms with Crippen molar-refractivity contribution in [1.29, 1.82) is 0 Å². The Morgan fingerprint density at radius 3 is 3.00 bits per heavy atom. The van der Waals surface area contributed by atoms with E-state index in [4.69, 9.17) is 0 Å². The van der Waals surface area contributed by atoms with Crippen molar-refractivity contribution in [2.24, 2.45) is 0 Å². The number of aliphatic hydroxyl groups excluding tert-OH is 1. The molecule has 1 aliphatic rings. The van der Waals surface area contributed by atoms with Gasteiger partial charge in [0.05, 0.1) is 11.6 Å². The number of H-pyrrole nitrogens is 1. The number of carbonyl (C=O) groups is 1. The van der Waals surface area contributed by atoms with E-state index in [0.29, 0.717) is 12.8 Å². The van der Waals surface area contributed by atoms with Crippen LogP contribution in [0.1, 0.15) is 18.5 Å². The molecule has 1 fully saturated rings. The fraction of sp³-hybridized carbons (Fsp3) is 0.500. The summed E-state index contributed by atoms with van der Waals surface area (Å²) < 4.78 is 0. The summed E-state index contributed by atoms with van der Waals surface area (Å²) in [5.74, 6) is 0. The Morgan fingerprint density at radius 2 is 2.50 bits per heavy atom. The molecule has 0 saturated heterocycles. The first-order valence-corrected chi connectivity index (χ1v) is 4.78. The second kappa shape index (κ2) is 3.46. The zero-order chi connectivity index (χ0) is 10.0. The molecule has 76 valence electrons. The van der Waals surface area contributed by atoms with Gasteiger partial charge in [0, 0.05) is 18.3 Å². The number of rotatable bonds is 5. The molecule has 4 nitrogen and oxygen atoms in total. The summed E-state index contributed by atoms with van der Waals surface area (Å²) in [6.45, 7) is 0. The van der Waals surface area contributed by atoms with Crippen molar-refractivity contribution >= 4 is 6.41 Å².